The molecule has 0 unspecified atom stereocenters. The summed E-state index contributed by atoms with van der Waals surface area (Å²) in [5.41, 5.74) is 3.00. The lowest BCUT2D eigenvalue weighted by Crippen LogP contribution is -2.35. The van der Waals surface area contributed by atoms with E-state index in [1.165, 1.54) is 0 Å². The first-order chi connectivity index (χ1) is 11.7. The minimum absolute atomic E-state index is 0.0890. The van der Waals surface area contributed by atoms with Crippen molar-refractivity contribution in [2.45, 2.75) is 13.0 Å². The maximum Gasteiger partial charge on any atom is 0.161 e. The number of carbonyl (C=O) groups is 1. The number of para-hydroxylation sites is 1. The summed E-state index contributed by atoms with van der Waals surface area (Å²) in [5, 5.41) is 7.02. The first-order valence-corrected chi connectivity index (χ1v) is 8.20. The minimum atomic E-state index is 0.0890. The molecule has 0 radical (unpaired) electrons. The van der Waals surface area contributed by atoms with E-state index < -0.39 is 0 Å². The van der Waals surface area contributed by atoms with Crippen LogP contribution in [0.15, 0.2) is 48.5 Å². The molecule has 1 heterocycles. The molecule has 0 bridgehead atoms. The van der Waals surface area contributed by atoms with E-state index in [9.17, 15) is 4.79 Å². The number of carbonyl (C=O) groups excluding carboxylic acids is 1. The lowest BCUT2D eigenvalue weighted by Gasteiger charge is -2.13. The zero-order chi connectivity index (χ0) is 16.5. The van der Waals surface area contributed by atoms with Crippen LogP contribution in [0.3, 0.4) is 0 Å². The van der Waals surface area contributed by atoms with Crippen molar-refractivity contribution in [2.75, 3.05) is 5.32 Å². The number of hydrogen-bond donors (Lipinski definition) is 1. The van der Waals surface area contributed by atoms with Gasteiger partial charge >= 0.3 is 0 Å². The van der Waals surface area contributed by atoms with E-state index in [-0.39, 0.29) is 5.78 Å². The molecule has 2 aromatic carbocycles. The molecule has 0 fully saturated rings. The molecule has 0 atom stereocenters. The van der Waals surface area contributed by atoms with Crippen molar-refractivity contribution in [2.24, 2.45) is 0 Å². The third kappa shape index (κ3) is 2.79. The Morgan fingerprint density at radius 1 is 1.12 bits per heavy atom. The zero-order valence-corrected chi connectivity index (χ0v) is 13.7. The summed E-state index contributed by atoms with van der Waals surface area (Å²) < 4.78 is 0. The number of ketones is 1. The second-order valence-electron chi connectivity index (χ2n) is 5.81. The number of aromatic nitrogens is 1. The third-order valence-electron chi connectivity index (χ3n) is 4.12. The van der Waals surface area contributed by atoms with Crippen LogP contribution in [0.25, 0.3) is 23.1 Å². The van der Waals surface area contributed by atoms with Gasteiger partial charge in [-0.1, -0.05) is 48.0 Å². The van der Waals surface area contributed by atoms with Crippen LogP contribution >= 0.6 is 11.6 Å². The summed E-state index contributed by atoms with van der Waals surface area (Å²) in [6, 6.07) is 15.8. The molecule has 0 aliphatic heterocycles. The van der Waals surface area contributed by atoms with Crippen LogP contribution in [-0.2, 0) is 11.3 Å². The largest absolute Gasteiger partial charge is 0.380 e. The van der Waals surface area contributed by atoms with Crippen molar-refractivity contribution in [1.82, 2.24) is 4.98 Å². The van der Waals surface area contributed by atoms with Gasteiger partial charge in [-0.2, -0.15) is 0 Å². The fourth-order valence-electron chi connectivity index (χ4n) is 3.00. The van der Waals surface area contributed by atoms with Gasteiger partial charge in [0, 0.05) is 34.7 Å². The first-order valence-electron chi connectivity index (χ1n) is 7.82. The number of halogens is 1. The summed E-state index contributed by atoms with van der Waals surface area (Å²) in [4.78, 5) is 16.4. The molecule has 3 nitrogen and oxygen atoms in total. The van der Waals surface area contributed by atoms with Crippen molar-refractivity contribution < 1.29 is 4.79 Å². The molecular formula is C20H15ClN2O. The standard InChI is InChI=1S/C20H15ClN2O/c21-14-5-3-4-13(10-14)12-22-20-16-6-1-2-7-18(16)23-19-11-15(24)8-9-17(19)20/h1-7,9-11,22H,8,12H2. The SMILES string of the molecule is O=C1C=c2nc3ccccc3c(NCc3cccc(Cl)c3)c2=CC1. The molecule has 3 aromatic rings. The Kier molecular flexibility index (Phi) is 3.79. The van der Waals surface area contributed by atoms with Crippen molar-refractivity contribution >= 4 is 46.1 Å². The lowest BCUT2D eigenvalue weighted by atomic mass is 10.1. The molecule has 24 heavy (non-hydrogen) atoms. The van der Waals surface area contributed by atoms with Crippen LogP contribution in [-0.4, -0.2) is 10.8 Å². The van der Waals surface area contributed by atoms with Crippen LogP contribution in [0.4, 0.5) is 5.69 Å². The quantitative estimate of drug-likeness (QED) is 0.800. The molecule has 0 spiro atoms. The lowest BCUT2D eigenvalue weighted by molar-refractivity contribution is -0.112. The van der Waals surface area contributed by atoms with Gasteiger partial charge in [0.1, 0.15) is 0 Å². The predicted octanol–water partition coefficient (Wildman–Crippen LogP) is 3.03. The van der Waals surface area contributed by atoms with Gasteiger partial charge in [0.25, 0.3) is 0 Å². The monoisotopic (exact) mass is 334 g/mol. The highest BCUT2D eigenvalue weighted by Crippen LogP contribution is 2.19. The van der Waals surface area contributed by atoms with Gasteiger partial charge < -0.3 is 5.32 Å². The number of rotatable bonds is 3. The highest BCUT2D eigenvalue weighted by molar-refractivity contribution is 6.30. The number of benzene rings is 2. The summed E-state index contributed by atoms with van der Waals surface area (Å²) in [5.74, 6) is 0.0890. The van der Waals surface area contributed by atoms with Gasteiger partial charge in [-0.25, -0.2) is 4.98 Å². The maximum absolute atomic E-state index is 11.7. The van der Waals surface area contributed by atoms with E-state index >= 15 is 0 Å². The molecule has 1 aliphatic rings. The van der Waals surface area contributed by atoms with Crippen LogP contribution in [0.5, 0.6) is 0 Å². The zero-order valence-electron chi connectivity index (χ0n) is 12.9. The summed E-state index contributed by atoms with van der Waals surface area (Å²) in [6.07, 6.45) is 4.00. The highest BCUT2D eigenvalue weighted by atomic mass is 35.5. The fraction of sp³-hybridized carbons (Fsp3) is 0.100. The van der Waals surface area contributed by atoms with Crippen molar-refractivity contribution in [3.05, 3.63) is 69.7 Å². The molecule has 1 N–H and O–H groups in total. The topological polar surface area (TPSA) is 42.0 Å². The average Bonchev–Trinajstić information content (AvgIpc) is 2.58. The van der Waals surface area contributed by atoms with Gasteiger partial charge in [0.15, 0.2) is 5.78 Å². The Morgan fingerprint density at radius 3 is 2.88 bits per heavy atom. The van der Waals surface area contributed by atoms with Gasteiger partial charge in [-0.3, -0.25) is 4.79 Å². The van der Waals surface area contributed by atoms with Gasteiger partial charge in [0.05, 0.1) is 16.6 Å². The van der Waals surface area contributed by atoms with Crippen LogP contribution in [0.2, 0.25) is 5.02 Å². The van der Waals surface area contributed by atoms with Crippen LogP contribution in [0, 0.1) is 0 Å². The molecule has 0 saturated carbocycles. The highest BCUT2D eigenvalue weighted by Gasteiger charge is 2.10. The van der Waals surface area contributed by atoms with Gasteiger partial charge in [0.2, 0.25) is 0 Å². The van der Waals surface area contributed by atoms with Crippen molar-refractivity contribution in [3.8, 4) is 0 Å². The molecular weight excluding hydrogens is 320 g/mol. The second kappa shape index (κ2) is 6.10. The Morgan fingerprint density at radius 2 is 2.00 bits per heavy atom. The number of nitrogens with zero attached hydrogens (tertiary/aromatic N) is 1. The van der Waals surface area contributed by atoms with Gasteiger partial charge in [-0.15, -0.1) is 0 Å². The molecule has 0 saturated heterocycles. The molecule has 1 aliphatic carbocycles. The van der Waals surface area contributed by atoms with E-state index in [4.69, 9.17) is 11.6 Å². The molecule has 0 amide bonds. The van der Waals surface area contributed by atoms with Crippen LogP contribution < -0.4 is 15.9 Å². The number of Topliss-reactive ketones (excluding diaryl/α,β-unsaturated/α-hetero) is 1. The fourth-order valence-corrected chi connectivity index (χ4v) is 3.22. The molecule has 4 heteroatoms. The third-order valence-corrected chi connectivity index (χ3v) is 4.36. The van der Waals surface area contributed by atoms with E-state index in [1.807, 2.05) is 54.6 Å². The normalized spacial score (nSPS) is 13.1. The Labute approximate surface area is 144 Å². The summed E-state index contributed by atoms with van der Waals surface area (Å²) >= 11 is 6.07. The Bertz CT molecular complexity index is 1070. The number of nitrogens with one attached hydrogen (secondary N) is 1. The van der Waals surface area contributed by atoms with E-state index in [2.05, 4.69) is 10.3 Å². The van der Waals surface area contributed by atoms with E-state index in [0.717, 1.165) is 37.7 Å². The van der Waals surface area contributed by atoms with Crippen molar-refractivity contribution in [3.63, 3.8) is 0 Å². The smallest absolute Gasteiger partial charge is 0.161 e. The summed E-state index contributed by atoms with van der Waals surface area (Å²) in [6.45, 7) is 0.656. The number of fused-ring (bicyclic) bond motifs is 2. The number of pyridine rings is 1. The Balaban J connectivity index is 1.85. The number of hydrogen-bond acceptors (Lipinski definition) is 3. The van der Waals surface area contributed by atoms with Crippen molar-refractivity contribution in [1.29, 1.82) is 0 Å². The van der Waals surface area contributed by atoms with E-state index in [0.29, 0.717) is 13.0 Å². The van der Waals surface area contributed by atoms with Crippen LogP contribution in [0.1, 0.15) is 12.0 Å². The minimum Gasteiger partial charge on any atom is -0.380 e. The van der Waals surface area contributed by atoms with E-state index in [1.54, 1.807) is 6.08 Å². The second-order valence-corrected chi connectivity index (χ2v) is 6.24. The molecule has 118 valence electrons. The molecule has 4 rings (SSSR count). The summed E-state index contributed by atoms with van der Waals surface area (Å²) in [7, 11) is 0. The average molecular weight is 335 g/mol. The maximum atomic E-state index is 11.7. The number of anilines is 1. The predicted molar refractivity (Wildman–Crippen MR) is 98.3 cm³/mol. The Hall–Kier alpha value is -2.65. The molecule has 1 aromatic heterocycles. The van der Waals surface area contributed by atoms with Gasteiger partial charge in [-0.05, 0) is 23.8 Å². The first kappa shape index (κ1) is 14.9.